The normalized spacial score (nSPS) is 25.2. The Balaban J connectivity index is 2.05. The summed E-state index contributed by atoms with van der Waals surface area (Å²) in [7, 11) is 0. The zero-order valence-corrected chi connectivity index (χ0v) is 11.6. The van der Waals surface area contributed by atoms with Crippen LogP contribution in [0.2, 0.25) is 0 Å². The van der Waals surface area contributed by atoms with E-state index in [0.717, 1.165) is 31.4 Å². The van der Waals surface area contributed by atoms with Gasteiger partial charge < -0.3 is 0 Å². The Kier molecular flexibility index (Phi) is 3.84. The molecule has 1 aromatic heterocycles. The lowest BCUT2D eigenvalue weighted by molar-refractivity contribution is -0.126. The fourth-order valence-electron chi connectivity index (χ4n) is 2.87. The van der Waals surface area contributed by atoms with Crippen molar-refractivity contribution < 1.29 is 4.79 Å². The largest absolute Gasteiger partial charge is 0.299 e. The van der Waals surface area contributed by atoms with Gasteiger partial charge in [-0.15, -0.1) is 0 Å². The highest BCUT2D eigenvalue weighted by molar-refractivity contribution is 5.82. The first-order valence-electron chi connectivity index (χ1n) is 6.89. The van der Waals surface area contributed by atoms with E-state index in [-0.39, 0.29) is 5.92 Å². The number of Topliss-reactive ketones (excluding diaryl/α,β-unsaturated/α-hetero) is 1. The molecule has 0 saturated heterocycles. The van der Waals surface area contributed by atoms with Gasteiger partial charge in [0.2, 0.25) is 0 Å². The van der Waals surface area contributed by atoms with E-state index in [1.54, 1.807) is 0 Å². The molecular weight excluding hydrogens is 222 g/mol. The van der Waals surface area contributed by atoms with Gasteiger partial charge in [-0.2, -0.15) is 0 Å². The predicted octanol–water partition coefficient (Wildman–Crippen LogP) is 3.66. The number of rotatable bonds is 2. The molecule has 2 heteroatoms. The standard InChI is InChI=1S/C16H23NO/c1-16(2,3)13-7-8-15(18)12(10-13)11-14-6-4-5-9-17-14/h4-6,9,12-13H,7-8,10-11H2,1-3H3. The first-order valence-corrected chi connectivity index (χ1v) is 6.89. The van der Waals surface area contributed by atoms with Crippen LogP contribution in [0.15, 0.2) is 24.4 Å². The number of ketones is 1. The van der Waals surface area contributed by atoms with E-state index in [4.69, 9.17) is 0 Å². The molecule has 1 heterocycles. The average Bonchev–Trinajstić information content (AvgIpc) is 2.32. The van der Waals surface area contributed by atoms with Crippen LogP contribution >= 0.6 is 0 Å². The van der Waals surface area contributed by atoms with E-state index in [2.05, 4.69) is 25.8 Å². The van der Waals surface area contributed by atoms with Crippen molar-refractivity contribution in [1.29, 1.82) is 0 Å². The van der Waals surface area contributed by atoms with Crippen molar-refractivity contribution in [1.82, 2.24) is 4.98 Å². The van der Waals surface area contributed by atoms with Crippen LogP contribution in [-0.2, 0) is 11.2 Å². The van der Waals surface area contributed by atoms with Crippen LogP contribution in [0.1, 0.15) is 45.7 Å². The molecule has 2 atom stereocenters. The molecule has 1 aliphatic carbocycles. The first kappa shape index (κ1) is 13.3. The van der Waals surface area contributed by atoms with Gasteiger partial charge in [0.05, 0.1) is 0 Å². The summed E-state index contributed by atoms with van der Waals surface area (Å²) in [5.41, 5.74) is 1.36. The second kappa shape index (κ2) is 5.21. The number of aromatic nitrogens is 1. The van der Waals surface area contributed by atoms with Crippen molar-refractivity contribution in [3.05, 3.63) is 30.1 Å². The third-order valence-electron chi connectivity index (χ3n) is 4.17. The van der Waals surface area contributed by atoms with Gasteiger partial charge in [0.25, 0.3) is 0 Å². The summed E-state index contributed by atoms with van der Waals surface area (Å²) in [6.07, 6.45) is 5.45. The van der Waals surface area contributed by atoms with Crippen LogP contribution in [-0.4, -0.2) is 10.8 Å². The van der Waals surface area contributed by atoms with E-state index >= 15 is 0 Å². The molecule has 0 amide bonds. The van der Waals surface area contributed by atoms with Gasteiger partial charge in [0, 0.05) is 24.2 Å². The van der Waals surface area contributed by atoms with Crippen LogP contribution in [0, 0.1) is 17.3 Å². The van der Waals surface area contributed by atoms with Crippen LogP contribution < -0.4 is 0 Å². The second-order valence-corrected chi connectivity index (χ2v) is 6.53. The van der Waals surface area contributed by atoms with Crippen molar-refractivity contribution >= 4 is 5.78 Å². The Bertz CT molecular complexity index is 405. The van der Waals surface area contributed by atoms with E-state index < -0.39 is 0 Å². The molecule has 2 unspecified atom stereocenters. The molecule has 1 aliphatic rings. The average molecular weight is 245 g/mol. The lowest BCUT2D eigenvalue weighted by Gasteiger charge is -2.37. The molecule has 18 heavy (non-hydrogen) atoms. The smallest absolute Gasteiger partial charge is 0.136 e. The summed E-state index contributed by atoms with van der Waals surface area (Å²) in [6.45, 7) is 6.85. The Morgan fingerprint density at radius 1 is 1.33 bits per heavy atom. The molecule has 0 bridgehead atoms. The topological polar surface area (TPSA) is 30.0 Å². The maximum absolute atomic E-state index is 12.0. The van der Waals surface area contributed by atoms with Crippen LogP contribution in [0.25, 0.3) is 0 Å². The minimum atomic E-state index is 0.179. The summed E-state index contributed by atoms with van der Waals surface area (Å²) in [5.74, 6) is 1.27. The highest BCUT2D eigenvalue weighted by Crippen LogP contribution is 2.39. The predicted molar refractivity (Wildman–Crippen MR) is 73.2 cm³/mol. The zero-order chi connectivity index (χ0) is 13.2. The lowest BCUT2D eigenvalue weighted by atomic mass is 9.68. The van der Waals surface area contributed by atoms with E-state index in [1.165, 1.54) is 0 Å². The fraction of sp³-hybridized carbons (Fsp3) is 0.625. The van der Waals surface area contributed by atoms with Gasteiger partial charge in [-0.3, -0.25) is 9.78 Å². The van der Waals surface area contributed by atoms with Crippen molar-refractivity contribution in [3.8, 4) is 0 Å². The number of carbonyl (C=O) groups is 1. The fourth-order valence-corrected chi connectivity index (χ4v) is 2.87. The number of carbonyl (C=O) groups excluding carboxylic acids is 1. The van der Waals surface area contributed by atoms with Gasteiger partial charge in [-0.25, -0.2) is 0 Å². The molecule has 98 valence electrons. The number of hydrogen-bond donors (Lipinski definition) is 0. The summed E-state index contributed by atoms with van der Waals surface area (Å²) < 4.78 is 0. The highest BCUT2D eigenvalue weighted by atomic mass is 16.1. The second-order valence-electron chi connectivity index (χ2n) is 6.53. The maximum Gasteiger partial charge on any atom is 0.136 e. The summed E-state index contributed by atoms with van der Waals surface area (Å²) in [6, 6.07) is 5.94. The van der Waals surface area contributed by atoms with Crippen molar-refractivity contribution in [2.45, 2.75) is 46.5 Å². The monoisotopic (exact) mass is 245 g/mol. The maximum atomic E-state index is 12.0. The Morgan fingerprint density at radius 2 is 2.11 bits per heavy atom. The van der Waals surface area contributed by atoms with Gasteiger partial charge in [-0.1, -0.05) is 26.8 Å². The minimum absolute atomic E-state index is 0.179. The Hall–Kier alpha value is -1.18. The molecule has 1 saturated carbocycles. The highest BCUT2D eigenvalue weighted by Gasteiger charge is 2.34. The van der Waals surface area contributed by atoms with Crippen molar-refractivity contribution in [3.63, 3.8) is 0 Å². The quantitative estimate of drug-likeness (QED) is 0.796. The molecule has 0 aromatic carbocycles. The first-order chi connectivity index (χ1) is 8.47. The number of hydrogen-bond acceptors (Lipinski definition) is 2. The summed E-state index contributed by atoms with van der Waals surface area (Å²) in [5, 5.41) is 0. The van der Waals surface area contributed by atoms with Crippen molar-refractivity contribution in [2.75, 3.05) is 0 Å². The van der Waals surface area contributed by atoms with E-state index in [0.29, 0.717) is 17.1 Å². The van der Waals surface area contributed by atoms with Crippen LogP contribution in [0.4, 0.5) is 0 Å². The Morgan fingerprint density at radius 3 is 2.72 bits per heavy atom. The number of nitrogens with zero attached hydrogens (tertiary/aromatic N) is 1. The molecule has 0 aliphatic heterocycles. The van der Waals surface area contributed by atoms with Gasteiger partial charge in [-0.05, 0) is 42.7 Å². The third kappa shape index (κ3) is 3.18. The third-order valence-corrected chi connectivity index (χ3v) is 4.17. The molecule has 2 nitrogen and oxygen atoms in total. The zero-order valence-electron chi connectivity index (χ0n) is 11.6. The molecule has 0 radical (unpaired) electrons. The summed E-state index contributed by atoms with van der Waals surface area (Å²) >= 11 is 0. The molecular formula is C16H23NO. The minimum Gasteiger partial charge on any atom is -0.299 e. The molecule has 2 rings (SSSR count). The van der Waals surface area contributed by atoms with Gasteiger partial charge in [0.1, 0.15) is 5.78 Å². The lowest BCUT2D eigenvalue weighted by Crippen LogP contribution is -2.33. The van der Waals surface area contributed by atoms with Crippen molar-refractivity contribution in [2.24, 2.45) is 17.3 Å². The van der Waals surface area contributed by atoms with Gasteiger partial charge >= 0.3 is 0 Å². The summed E-state index contributed by atoms with van der Waals surface area (Å²) in [4.78, 5) is 16.4. The SMILES string of the molecule is CC(C)(C)C1CCC(=O)C(Cc2ccccn2)C1. The molecule has 1 fully saturated rings. The van der Waals surface area contributed by atoms with E-state index in [1.807, 2.05) is 24.4 Å². The van der Waals surface area contributed by atoms with Gasteiger partial charge in [0.15, 0.2) is 0 Å². The number of pyridine rings is 1. The molecule has 0 N–H and O–H groups in total. The van der Waals surface area contributed by atoms with Crippen LogP contribution in [0.5, 0.6) is 0 Å². The van der Waals surface area contributed by atoms with Crippen LogP contribution in [0.3, 0.4) is 0 Å². The Labute approximate surface area is 110 Å². The molecule has 0 spiro atoms. The van der Waals surface area contributed by atoms with E-state index in [9.17, 15) is 4.79 Å². The molecule has 1 aromatic rings.